The van der Waals surface area contributed by atoms with Gasteiger partial charge in [0.15, 0.2) is 0 Å². The topological polar surface area (TPSA) is 41.5 Å². The molecule has 3 heteroatoms. The van der Waals surface area contributed by atoms with E-state index in [0.717, 1.165) is 31.5 Å². The first kappa shape index (κ1) is 14.9. The summed E-state index contributed by atoms with van der Waals surface area (Å²) in [6.07, 6.45) is 6.26. The third-order valence-electron chi connectivity index (χ3n) is 4.15. The molecule has 1 saturated carbocycles. The van der Waals surface area contributed by atoms with Crippen LogP contribution in [-0.4, -0.2) is 37.5 Å². The monoisotopic (exact) mass is 243 g/mol. The van der Waals surface area contributed by atoms with Crippen LogP contribution in [0.15, 0.2) is 0 Å². The maximum atomic E-state index is 9.25. The van der Waals surface area contributed by atoms with Crippen LogP contribution < -0.4 is 5.32 Å². The smallest absolute Gasteiger partial charge is 0.0611 e. The lowest BCUT2D eigenvalue weighted by molar-refractivity contribution is 0.0539. The summed E-state index contributed by atoms with van der Waals surface area (Å²) in [4.78, 5) is 0. The lowest BCUT2D eigenvalue weighted by Gasteiger charge is -2.29. The van der Waals surface area contributed by atoms with Crippen LogP contribution in [-0.2, 0) is 4.74 Å². The summed E-state index contributed by atoms with van der Waals surface area (Å²) in [5, 5.41) is 12.4. The lowest BCUT2D eigenvalue weighted by Crippen LogP contribution is -2.44. The fourth-order valence-corrected chi connectivity index (χ4v) is 2.54. The average molecular weight is 243 g/mol. The molecule has 0 spiro atoms. The van der Waals surface area contributed by atoms with Crippen LogP contribution in [0.1, 0.15) is 46.0 Å². The van der Waals surface area contributed by atoms with Gasteiger partial charge in [0.2, 0.25) is 0 Å². The van der Waals surface area contributed by atoms with Gasteiger partial charge in [-0.3, -0.25) is 0 Å². The van der Waals surface area contributed by atoms with Crippen molar-refractivity contribution in [3.8, 4) is 0 Å². The summed E-state index contributed by atoms with van der Waals surface area (Å²) >= 11 is 0. The number of hydrogen-bond acceptors (Lipinski definition) is 3. The molecule has 3 unspecified atom stereocenters. The first-order valence-corrected chi connectivity index (χ1v) is 6.97. The number of aliphatic hydroxyl groups is 1. The molecule has 0 aromatic carbocycles. The molecule has 0 aliphatic heterocycles. The average Bonchev–Trinajstić information content (AvgIpc) is 2.34. The molecule has 1 aliphatic rings. The van der Waals surface area contributed by atoms with Crippen molar-refractivity contribution in [3.63, 3.8) is 0 Å². The van der Waals surface area contributed by atoms with Crippen molar-refractivity contribution in [2.75, 3.05) is 26.9 Å². The Labute approximate surface area is 106 Å². The van der Waals surface area contributed by atoms with Crippen LogP contribution in [0, 0.1) is 11.8 Å². The second-order valence-electron chi connectivity index (χ2n) is 5.93. The summed E-state index contributed by atoms with van der Waals surface area (Å²) in [5.41, 5.74) is -0.195. The SMILES string of the molecule is CNC(C)(CO)CCOCC1CCCC(C)C1. The van der Waals surface area contributed by atoms with Crippen LogP contribution in [0.25, 0.3) is 0 Å². The minimum absolute atomic E-state index is 0.160. The molecule has 17 heavy (non-hydrogen) atoms. The molecule has 1 fully saturated rings. The van der Waals surface area contributed by atoms with Crippen LogP contribution in [0.3, 0.4) is 0 Å². The van der Waals surface area contributed by atoms with Gasteiger partial charge in [0, 0.05) is 18.8 Å². The van der Waals surface area contributed by atoms with E-state index in [9.17, 15) is 5.11 Å². The molecule has 2 N–H and O–H groups in total. The Morgan fingerprint density at radius 2 is 2.18 bits per heavy atom. The number of rotatable bonds is 7. The van der Waals surface area contributed by atoms with E-state index in [1.54, 1.807) is 0 Å². The highest BCUT2D eigenvalue weighted by molar-refractivity contribution is 4.80. The van der Waals surface area contributed by atoms with Crippen LogP contribution >= 0.6 is 0 Å². The molecule has 0 bridgehead atoms. The van der Waals surface area contributed by atoms with Gasteiger partial charge < -0.3 is 15.2 Å². The van der Waals surface area contributed by atoms with Crippen molar-refractivity contribution < 1.29 is 9.84 Å². The molecule has 0 saturated heterocycles. The molecule has 0 aromatic heterocycles. The molecular formula is C14H29NO2. The highest BCUT2D eigenvalue weighted by Gasteiger charge is 2.21. The predicted octanol–water partition coefficient (Wildman–Crippen LogP) is 2.19. The number of ether oxygens (including phenoxy) is 1. The maximum absolute atomic E-state index is 9.25. The molecule has 1 aliphatic carbocycles. The minimum Gasteiger partial charge on any atom is -0.394 e. The van der Waals surface area contributed by atoms with Gasteiger partial charge in [-0.05, 0) is 45.1 Å². The zero-order valence-corrected chi connectivity index (χ0v) is 11.7. The Kier molecular flexibility index (Phi) is 6.45. The van der Waals surface area contributed by atoms with Crippen molar-refractivity contribution in [2.24, 2.45) is 11.8 Å². The number of likely N-dealkylation sites (N-methyl/N-ethyl adjacent to an activating group) is 1. The Balaban J connectivity index is 2.11. The maximum Gasteiger partial charge on any atom is 0.0611 e. The Morgan fingerprint density at radius 3 is 2.76 bits per heavy atom. The number of aliphatic hydroxyl groups excluding tert-OH is 1. The highest BCUT2D eigenvalue weighted by Crippen LogP contribution is 2.28. The van der Waals surface area contributed by atoms with E-state index in [1.165, 1.54) is 25.7 Å². The van der Waals surface area contributed by atoms with Crippen molar-refractivity contribution in [1.29, 1.82) is 0 Å². The molecular weight excluding hydrogens is 214 g/mol. The van der Waals surface area contributed by atoms with E-state index in [0.29, 0.717) is 0 Å². The van der Waals surface area contributed by atoms with Crippen molar-refractivity contribution >= 4 is 0 Å². The van der Waals surface area contributed by atoms with Crippen molar-refractivity contribution in [1.82, 2.24) is 5.32 Å². The van der Waals surface area contributed by atoms with E-state index in [2.05, 4.69) is 12.2 Å². The van der Waals surface area contributed by atoms with E-state index >= 15 is 0 Å². The van der Waals surface area contributed by atoms with Gasteiger partial charge in [-0.25, -0.2) is 0 Å². The largest absolute Gasteiger partial charge is 0.394 e. The van der Waals surface area contributed by atoms with Gasteiger partial charge in [0.25, 0.3) is 0 Å². The van der Waals surface area contributed by atoms with Gasteiger partial charge in [-0.15, -0.1) is 0 Å². The van der Waals surface area contributed by atoms with Crippen LogP contribution in [0.5, 0.6) is 0 Å². The Morgan fingerprint density at radius 1 is 1.41 bits per heavy atom. The molecule has 3 nitrogen and oxygen atoms in total. The first-order valence-electron chi connectivity index (χ1n) is 6.97. The molecule has 1 rings (SSSR count). The van der Waals surface area contributed by atoms with Crippen LogP contribution in [0.2, 0.25) is 0 Å². The third-order valence-corrected chi connectivity index (χ3v) is 4.15. The van der Waals surface area contributed by atoms with Gasteiger partial charge in [-0.2, -0.15) is 0 Å². The van der Waals surface area contributed by atoms with E-state index < -0.39 is 0 Å². The van der Waals surface area contributed by atoms with E-state index in [-0.39, 0.29) is 12.1 Å². The molecule has 0 amide bonds. The van der Waals surface area contributed by atoms with Gasteiger partial charge in [0.1, 0.15) is 0 Å². The quantitative estimate of drug-likeness (QED) is 0.674. The summed E-state index contributed by atoms with van der Waals surface area (Å²) < 4.78 is 5.77. The first-order chi connectivity index (χ1) is 8.09. The standard InChI is InChI=1S/C14H29NO2/c1-12-5-4-6-13(9-12)10-17-8-7-14(2,11-16)15-3/h12-13,15-16H,4-11H2,1-3H3. The predicted molar refractivity (Wildman–Crippen MR) is 71.1 cm³/mol. The van der Waals surface area contributed by atoms with E-state index in [4.69, 9.17) is 4.74 Å². The van der Waals surface area contributed by atoms with Gasteiger partial charge in [-0.1, -0.05) is 19.8 Å². The Hall–Kier alpha value is -0.120. The molecule has 3 atom stereocenters. The molecule has 0 radical (unpaired) electrons. The zero-order valence-electron chi connectivity index (χ0n) is 11.7. The van der Waals surface area contributed by atoms with E-state index in [1.807, 2.05) is 14.0 Å². The summed E-state index contributed by atoms with van der Waals surface area (Å²) in [5.74, 6) is 1.63. The van der Waals surface area contributed by atoms with Crippen molar-refractivity contribution in [3.05, 3.63) is 0 Å². The lowest BCUT2D eigenvalue weighted by atomic mass is 9.83. The molecule has 0 aromatic rings. The fraction of sp³-hybridized carbons (Fsp3) is 1.00. The fourth-order valence-electron chi connectivity index (χ4n) is 2.54. The second kappa shape index (κ2) is 7.34. The zero-order chi connectivity index (χ0) is 12.7. The van der Waals surface area contributed by atoms with Gasteiger partial charge >= 0.3 is 0 Å². The minimum atomic E-state index is -0.195. The number of nitrogens with one attached hydrogen (secondary N) is 1. The highest BCUT2D eigenvalue weighted by atomic mass is 16.5. The summed E-state index contributed by atoms with van der Waals surface area (Å²) in [7, 11) is 1.89. The summed E-state index contributed by atoms with van der Waals surface area (Å²) in [6, 6.07) is 0. The van der Waals surface area contributed by atoms with Gasteiger partial charge in [0.05, 0.1) is 6.61 Å². The van der Waals surface area contributed by atoms with Crippen LogP contribution in [0.4, 0.5) is 0 Å². The normalized spacial score (nSPS) is 28.9. The van der Waals surface area contributed by atoms with Crippen molar-refractivity contribution in [2.45, 2.75) is 51.5 Å². The molecule has 102 valence electrons. The second-order valence-corrected chi connectivity index (χ2v) is 5.93. The molecule has 0 heterocycles. The summed E-state index contributed by atoms with van der Waals surface area (Å²) in [6.45, 7) is 6.17. The Bertz CT molecular complexity index is 204. The number of hydrogen-bond donors (Lipinski definition) is 2. The third kappa shape index (κ3) is 5.36.